The third-order valence-corrected chi connectivity index (χ3v) is 7.54. The van der Waals surface area contributed by atoms with Crippen molar-refractivity contribution < 1.29 is 4.79 Å². The number of anilines is 4. The average molecular weight is 532 g/mol. The Morgan fingerprint density at radius 3 is 1.89 bits per heavy atom. The van der Waals surface area contributed by atoms with Gasteiger partial charge in [-0.05, 0) is 67.7 Å². The Morgan fingerprint density at radius 1 is 0.737 bits per heavy atom. The summed E-state index contributed by atoms with van der Waals surface area (Å²) in [4.78, 5) is 21.8. The zero-order valence-electron chi connectivity index (χ0n) is 21.7. The van der Waals surface area contributed by atoms with Crippen molar-refractivity contribution in [1.82, 2.24) is 9.80 Å². The van der Waals surface area contributed by atoms with Crippen molar-refractivity contribution in [1.29, 1.82) is 5.41 Å². The van der Waals surface area contributed by atoms with E-state index in [2.05, 4.69) is 32.4 Å². The van der Waals surface area contributed by atoms with Crippen molar-refractivity contribution in [3.05, 3.63) is 83.4 Å². The predicted octanol–water partition coefficient (Wildman–Crippen LogP) is 4.51. The number of likely N-dealkylation sites (N-methyl/N-ethyl adjacent to an activating group) is 1. The molecule has 2 aliphatic rings. The Morgan fingerprint density at radius 2 is 1.29 bits per heavy atom. The first-order chi connectivity index (χ1) is 18.5. The van der Waals surface area contributed by atoms with Crippen LogP contribution in [0.3, 0.4) is 0 Å². The van der Waals surface area contributed by atoms with Crippen LogP contribution in [0.25, 0.3) is 0 Å². The van der Waals surface area contributed by atoms with Crippen LogP contribution in [-0.4, -0.2) is 81.1 Å². The molecule has 0 saturated carbocycles. The Kier molecular flexibility index (Phi) is 8.00. The number of amides is 1. The molecule has 1 amide bonds. The molecule has 0 aromatic heterocycles. The lowest BCUT2D eigenvalue weighted by atomic mass is 10.1. The molecule has 0 spiro atoms. The SMILES string of the molecule is CN1CCN(c2ccc(C(=O)Nc3ccc(N4CCN(C(=N)Nc5ccccc5Cl)CC4)cc3)cc2)CC1. The van der Waals surface area contributed by atoms with E-state index in [1.54, 1.807) is 0 Å². The zero-order valence-corrected chi connectivity index (χ0v) is 22.4. The van der Waals surface area contributed by atoms with Gasteiger partial charge in [0.1, 0.15) is 0 Å². The largest absolute Gasteiger partial charge is 0.369 e. The van der Waals surface area contributed by atoms with Crippen molar-refractivity contribution in [3.63, 3.8) is 0 Å². The number of carbonyl (C=O) groups is 1. The van der Waals surface area contributed by atoms with Gasteiger partial charge >= 0.3 is 0 Å². The molecule has 3 aromatic rings. The van der Waals surface area contributed by atoms with Gasteiger partial charge in [0.25, 0.3) is 5.91 Å². The molecule has 9 heteroatoms. The highest BCUT2D eigenvalue weighted by molar-refractivity contribution is 6.33. The first kappa shape index (κ1) is 25.9. The van der Waals surface area contributed by atoms with E-state index in [0.717, 1.165) is 75.1 Å². The lowest BCUT2D eigenvalue weighted by Gasteiger charge is -2.37. The summed E-state index contributed by atoms with van der Waals surface area (Å²) >= 11 is 6.21. The number of carbonyl (C=O) groups excluding carboxylic acids is 1. The summed E-state index contributed by atoms with van der Waals surface area (Å²) < 4.78 is 0. The zero-order chi connectivity index (χ0) is 26.5. The monoisotopic (exact) mass is 531 g/mol. The van der Waals surface area contributed by atoms with Gasteiger partial charge in [0.05, 0.1) is 10.7 Å². The van der Waals surface area contributed by atoms with Crippen LogP contribution in [0.4, 0.5) is 22.7 Å². The number of benzene rings is 3. The van der Waals surface area contributed by atoms with Crippen LogP contribution in [0.15, 0.2) is 72.8 Å². The summed E-state index contributed by atoms with van der Waals surface area (Å²) in [6.45, 7) is 7.20. The second-order valence-electron chi connectivity index (χ2n) is 9.77. The predicted molar refractivity (Wildman–Crippen MR) is 157 cm³/mol. The Bertz CT molecular complexity index is 1250. The molecular weight excluding hydrogens is 498 g/mol. The van der Waals surface area contributed by atoms with Crippen molar-refractivity contribution in [2.45, 2.75) is 0 Å². The van der Waals surface area contributed by atoms with Crippen LogP contribution >= 0.6 is 11.6 Å². The number of guanidine groups is 1. The molecule has 0 aliphatic carbocycles. The van der Waals surface area contributed by atoms with Crippen LogP contribution in [-0.2, 0) is 0 Å². The fourth-order valence-electron chi connectivity index (χ4n) is 4.80. The lowest BCUT2D eigenvalue weighted by molar-refractivity contribution is 0.102. The topological polar surface area (TPSA) is 77.9 Å². The number of para-hydroxylation sites is 1. The number of hydrogen-bond acceptors (Lipinski definition) is 5. The average Bonchev–Trinajstić information content (AvgIpc) is 2.95. The van der Waals surface area contributed by atoms with Gasteiger partial charge in [0.2, 0.25) is 0 Å². The molecule has 2 aliphatic heterocycles. The van der Waals surface area contributed by atoms with E-state index in [1.165, 1.54) is 0 Å². The number of nitrogens with one attached hydrogen (secondary N) is 3. The van der Waals surface area contributed by atoms with Crippen molar-refractivity contribution in [2.75, 3.05) is 79.8 Å². The van der Waals surface area contributed by atoms with E-state index < -0.39 is 0 Å². The number of halogens is 1. The minimum atomic E-state index is -0.110. The van der Waals surface area contributed by atoms with Crippen LogP contribution in [0.5, 0.6) is 0 Å². The molecule has 8 nitrogen and oxygen atoms in total. The first-order valence-electron chi connectivity index (χ1n) is 13.0. The maximum Gasteiger partial charge on any atom is 0.255 e. The van der Waals surface area contributed by atoms with Gasteiger partial charge < -0.3 is 30.2 Å². The molecule has 2 saturated heterocycles. The normalized spacial score (nSPS) is 16.3. The minimum absolute atomic E-state index is 0.110. The lowest BCUT2D eigenvalue weighted by Crippen LogP contribution is -2.50. The molecule has 2 fully saturated rings. The van der Waals surface area contributed by atoms with Crippen LogP contribution in [0.1, 0.15) is 10.4 Å². The van der Waals surface area contributed by atoms with E-state index in [4.69, 9.17) is 17.0 Å². The standard InChI is InChI=1S/C29H34ClN7O/c1-34-14-16-35(17-15-34)24-10-6-22(7-11-24)28(38)32-23-8-12-25(13-9-23)36-18-20-37(21-19-36)29(31)33-27-5-3-2-4-26(27)30/h2-13H,14-21H2,1H3,(H2,31,33)(H,32,38). The van der Waals surface area contributed by atoms with E-state index >= 15 is 0 Å². The Labute approximate surface area is 229 Å². The Balaban J connectivity index is 1.11. The summed E-state index contributed by atoms with van der Waals surface area (Å²) in [7, 11) is 2.15. The number of nitrogens with zero attached hydrogens (tertiary/aromatic N) is 4. The van der Waals surface area contributed by atoms with Crippen molar-refractivity contribution in [2.24, 2.45) is 0 Å². The minimum Gasteiger partial charge on any atom is -0.369 e. The number of rotatable bonds is 5. The highest BCUT2D eigenvalue weighted by Crippen LogP contribution is 2.23. The molecule has 0 radical (unpaired) electrons. The van der Waals surface area contributed by atoms with Gasteiger partial charge in [-0.25, -0.2) is 0 Å². The maximum absolute atomic E-state index is 12.8. The van der Waals surface area contributed by atoms with E-state index in [1.807, 2.05) is 77.7 Å². The smallest absolute Gasteiger partial charge is 0.255 e. The molecule has 0 bridgehead atoms. The third kappa shape index (κ3) is 6.20. The molecular formula is C29H34ClN7O. The highest BCUT2D eigenvalue weighted by Gasteiger charge is 2.20. The second-order valence-corrected chi connectivity index (χ2v) is 10.2. The molecule has 3 aromatic carbocycles. The summed E-state index contributed by atoms with van der Waals surface area (Å²) in [5.41, 5.74) is 4.42. The van der Waals surface area contributed by atoms with Crippen LogP contribution in [0, 0.1) is 5.41 Å². The quantitative estimate of drug-likeness (QED) is 0.332. The number of piperazine rings is 2. The fourth-order valence-corrected chi connectivity index (χ4v) is 4.99. The first-order valence-corrected chi connectivity index (χ1v) is 13.4. The van der Waals surface area contributed by atoms with E-state index in [-0.39, 0.29) is 5.91 Å². The van der Waals surface area contributed by atoms with Gasteiger partial charge in [0.15, 0.2) is 5.96 Å². The molecule has 0 unspecified atom stereocenters. The van der Waals surface area contributed by atoms with Gasteiger partial charge in [-0.1, -0.05) is 23.7 Å². The molecule has 5 rings (SSSR count). The molecule has 0 atom stereocenters. The van der Waals surface area contributed by atoms with Gasteiger partial charge in [-0.2, -0.15) is 0 Å². The van der Waals surface area contributed by atoms with Crippen LogP contribution < -0.4 is 20.4 Å². The van der Waals surface area contributed by atoms with E-state index in [0.29, 0.717) is 16.5 Å². The van der Waals surface area contributed by atoms with Gasteiger partial charge in [0, 0.05) is 75.0 Å². The van der Waals surface area contributed by atoms with Crippen LogP contribution in [0.2, 0.25) is 5.02 Å². The van der Waals surface area contributed by atoms with Gasteiger partial charge in [-0.15, -0.1) is 0 Å². The fraction of sp³-hybridized carbons (Fsp3) is 0.310. The molecule has 38 heavy (non-hydrogen) atoms. The van der Waals surface area contributed by atoms with Crippen molar-refractivity contribution in [3.8, 4) is 0 Å². The second kappa shape index (κ2) is 11.8. The maximum atomic E-state index is 12.8. The van der Waals surface area contributed by atoms with Crippen molar-refractivity contribution >= 4 is 46.2 Å². The molecule has 3 N–H and O–H groups in total. The number of hydrogen-bond donors (Lipinski definition) is 3. The summed E-state index contributed by atoms with van der Waals surface area (Å²) in [6.07, 6.45) is 0. The summed E-state index contributed by atoms with van der Waals surface area (Å²) in [5, 5.41) is 15.1. The summed E-state index contributed by atoms with van der Waals surface area (Å²) in [6, 6.07) is 23.3. The van der Waals surface area contributed by atoms with E-state index in [9.17, 15) is 4.79 Å². The summed E-state index contributed by atoms with van der Waals surface area (Å²) in [5.74, 6) is 0.244. The molecule has 198 valence electrons. The molecule has 2 heterocycles. The van der Waals surface area contributed by atoms with Gasteiger partial charge in [-0.3, -0.25) is 10.2 Å². The third-order valence-electron chi connectivity index (χ3n) is 7.21. The highest BCUT2D eigenvalue weighted by atomic mass is 35.5. The Hall–Kier alpha value is -3.75.